The van der Waals surface area contributed by atoms with Crippen LogP contribution in [0.25, 0.3) is 0 Å². The fourth-order valence-electron chi connectivity index (χ4n) is 2.19. The molecule has 7 heteroatoms. The largest absolute Gasteiger partial charge is 0.374 e. The van der Waals surface area contributed by atoms with E-state index < -0.39 is 0 Å². The Morgan fingerprint density at radius 2 is 2.17 bits per heavy atom. The molecule has 1 atom stereocenters. The Morgan fingerprint density at radius 3 is 2.78 bits per heavy atom. The molecule has 0 saturated carbocycles. The summed E-state index contributed by atoms with van der Waals surface area (Å²) in [6, 6.07) is 0.112. The molecule has 0 bridgehead atoms. The third kappa shape index (κ3) is 3.64. The van der Waals surface area contributed by atoms with Crippen LogP contribution < -0.4 is 11.1 Å². The number of amides is 1. The molecule has 1 saturated heterocycles. The number of carbonyl (C=O) groups is 1. The molecular formula is C11H19N5OS. The lowest BCUT2D eigenvalue weighted by molar-refractivity contribution is 0.0924. The highest BCUT2D eigenvalue weighted by Crippen LogP contribution is 2.11. The lowest BCUT2D eigenvalue weighted by Crippen LogP contribution is -2.43. The Balaban J connectivity index is 1.79. The number of nitrogens with two attached hydrogens (primary N) is 1. The first-order valence-electron chi connectivity index (χ1n) is 6.27. The first-order chi connectivity index (χ1) is 8.65. The smallest absolute Gasteiger partial charge is 0.282 e. The van der Waals surface area contributed by atoms with Gasteiger partial charge >= 0.3 is 0 Å². The summed E-state index contributed by atoms with van der Waals surface area (Å²) in [6.07, 6.45) is 3.84. The molecule has 1 aliphatic rings. The van der Waals surface area contributed by atoms with E-state index in [9.17, 15) is 4.79 Å². The van der Waals surface area contributed by atoms with Gasteiger partial charge < -0.3 is 16.0 Å². The van der Waals surface area contributed by atoms with Gasteiger partial charge in [0.25, 0.3) is 5.91 Å². The highest BCUT2D eigenvalue weighted by molar-refractivity contribution is 7.16. The molecule has 1 fully saturated rings. The number of nitrogens with one attached hydrogen (secondary N) is 1. The molecule has 0 spiro atoms. The fraction of sp³-hybridized carbons (Fsp3) is 0.727. The summed E-state index contributed by atoms with van der Waals surface area (Å²) >= 11 is 1.11. The highest BCUT2D eigenvalue weighted by Gasteiger charge is 2.17. The Labute approximate surface area is 111 Å². The first kappa shape index (κ1) is 13.2. The second-order valence-electron chi connectivity index (χ2n) is 4.68. The van der Waals surface area contributed by atoms with E-state index in [1.807, 2.05) is 6.92 Å². The van der Waals surface area contributed by atoms with Crippen LogP contribution in [0.1, 0.15) is 36.0 Å². The molecule has 1 aromatic heterocycles. The molecule has 1 aliphatic heterocycles. The average Bonchev–Trinajstić information content (AvgIpc) is 2.77. The maximum atomic E-state index is 11.8. The highest BCUT2D eigenvalue weighted by atomic mass is 32.1. The lowest BCUT2D eigenvalue weighted by atomic mass is 10.1. The van der Waals surface area contributed by atoms with E-state index in [1.54, 1.807) is 0 Å². The molecule has 1 aromatic rings. The van der Waals surface area contributed by atoms with Crippen LogP contribution >= 0.6 is 11.3 Å². The number of piperidine rings is 1. The zero-order valence-electron chi connectivity index (χ0n) is 10.6. The van der Waals surface area contributed by atoms with Crippen molar-refractivity contribution in [1.29, 1.82) is 0 Å². The van der Waals surface area contributed by atoms with Crippen molar-refractivity contribution in [3.8, 4) is 0 Å². The summed E-state index contributed by atoms with van der Waals surface area (Å²) < 4.78 is 0. The van der Waals surface area contributed by atoms with Gasteiger partial charge in [0.15, 0.2) is 0 Å². The Bertz CT molecular complexity index is 402. The summed E-state index contributed by atoms with van der Waals surface area (Å²) in [5, 5.41) is 11.0. The summed E-state index contributed by atoms with van der Waals surface area (Å²) in [5.41, 5.74) is 5.45. The molecule has 0 aromatic carbocycles. The van der Waals surface area contributed by atoms with Crippen molar-refractivity contribution in [2.24, 2.45) is 0 Å². The van der Waals surface area contributed by atoms with Crippen LogP contribution in [0.15, 0.2) is 0 Å². The molecule has 6 nitrogen and oxygen atoms in total. The normalized spacial score (nSPS) is 18.5. The first-order valence-corrected chi connectivity index (χ1v) is 7.09. The van der Waals surface area contributed by atoms with Crippen molar-refractivity contribution in [2.45, 2.75) is 32.2 Å². The van der Waals surface area contributed by atoms with Gasteiger partial charge in [0.2, 0.25) is 10.1 Å². The molecule has 100 valence electrons. The number of rotatable bonds is 4. The van der Waals surface area contributed by atoms with Gasteiger partial charge in [-0.25, -0.2) is 0 Å². The van der Waals surface area contributed by atoms with Crippen LogP contribution in [0.5, 0.6) is 0 Å². The predicted octanol–water partition coefficient (Wildman–Crippen LogP) is 0.724. The van der Waals surface area contributed by atoms with E-state index in [0.717, 1.165) is 31.0 Å². The minimum Gasteiger partial charge on any atom is -0.374 e. The maximum absolute atomic E-state index is 11.8. The van der Waals surface area contributed by atoms with E-state index in [1.165, 1.54) is 19.3 Å². The Hall–Kier alpha value is -1.21. The van der Waals surface area contributed by atoms with Crippen LogP contribution in [0.3, 0.4) is 0 Å². The molecular weight excluding hydrogens is 250 g/mol. The fourth-order valence-corrected chi connectivity index (χ4v) is 2.70. The summed E-state index contributed by atoms with van der Waals surface area (Å²) in [7, 11) is 0. The number of nitrogen functional groups attached to an aromatic ring is 1. The number of likely N-dealkylation sites (tertiary alicyclic amines) is 1. The number of anilines is 1. The third-order valence-corrected chi connectivity index (χ3v) is 3.74. The molecule has 18 heavy (non-hydrogen) atoms. The number of aromatic nitrogens is 2. The second kappa shape index (κ2) is 6.10. The standard InChI is InChI=1S/C11H19N5OS/c1-8(7-16-5-3-2-4-6-16)13-9(17)10-14-15-11(12)18-10/h8H,2-7H2,1H3,(H2,12,15)(H,13,17). The SMILES string of the molecule is CC(CN1CCCCC1)NC(=O)c1nnc(N)s1. The van der Waals surface area contributed by atoms with Gasteiger partial charge in [0, 0.05) is 12.6 Å². The Morgan fingerprint density at radius 1 is 1.44 bits per heavy atom. The summed E-state index contributed by atoms with van der Waals surface area (Å²) in [6.45, 7) is 5.16. The van der Waals surface area contributed by atoms with Crippen LogP contribution in [-0.2, 0) is 0 Å². The number of carbonyl (C=O) groups excluding carboxylic acids is 1. The minimum atomic E-state index is -0.186. The molecule has 1 unspecified atom stereocenters. The topological polar surface area (TPSA) is 84.1 Å². The molecule has 0 radical (unpaired) electrons. The number of hydrogen-bond acceptors (Lipinski definition) is 6. The molecule has 2 heterocycles. The summed E-state index contributed by atoms with van der Waals surface area (Å²) in [5.74, 6) is -0.186. The van der Waals surface area contributed by atoms with Gasteiger partial charge in [-0.3, -0.25) is 4.79 Å². The van der Waals surface area contributed by atoms with E-state index >= 15 is 0 Å². The monoisotopic (exact) mass is 269 g/mol. The minimum absolute atomic E-state index is 0.112. The molecule has 2 rings (SSSR count). The van der Waals surface area contributed by atoms with E-state index in [2.05, 4.69) is 20.4 Å². The van der Waals surface area contributed by atoms with Crippen molar-refractivity contribution in [3.63, 3.8) is 0 Å². The zero-order valence-corrected chi connectivity index (χ0v) is 11.4. The van der Waals surface area contributed by atoms with Gasteiger partial charge in [-0.1, -0.05) is 17.8 Å². The zero-order chi connectivity index (χ0) is 13.0. The van der Waals surface area contributed by atoms with Crippen molar-refractivity contribution < 1.29 is 4.79 Å². The number of nitrogens with zero attached hydrogens (tertiary/aromatic N) is 3. The van der Waals surface area contributed by atoms with Crippen LogP contribution in [0.2, 0.25) is 0 Å². The third-order valence-electron chi connectivity index (χ3n) is 2.99. The number of hydrogen-bond donors (Lipinski definition) is 2. The quantitative estimate of drug-likeness (QED) is 0.841. The van der Waals surface area contributed by atoms with Crippen molar-refractivity contribution in [3.05, 3.63) is 5.01 Å². The van der Waals surface area contributed by atoms with Crippen molar-refractivity contribution in [2.75, 3.05) is 25.4 Å². The van der Waals surface area contributed by atoms with Gasteiger partial charge in [-0.05, 0) is 32.9 Å². The van der Waals surface area contributed by atoms with E-state index in [-0.39, 0.29) is 11.9 Å². The van der Waals surface area contributed by atoms with E-state index in [4.69, 9.17) is 5.73 Å². The van der Waals surface area contributed by atoms with Crippen molar-refractivity contribution >= 4 is 22.4 Å². The van der Waals surface area contributed by atoms with Gasteiger partial charge in [-0.2, -0.15) is 0 Å². The Kier molecular flexibility index (Phi) is 4.48. The van der Waals surface area contributed by atoms with Crippen LogP contribution in [0.4, 0.5) is 5.13 Å². The molecule has 1 amide bonds. The molecule has 0 aliphatic carbocycles. The molecule has 3 N–H and O–H groups in total. The van der Waals surface area contributed by atoms with Gasteiger partial charge in [-0.15, -0.1) is 10.2 Å². The van der Waals surface area contributed by atoms with Crippen LogP contribution in [-0.4, -0.2) is 46.7 Å². The van der Waals surface area contributed by atoms with E-state index in [0.29, 0.717) is 10.1 Å². The van der Waals surface area contributed by atoms with Gasteiger partial charge in [0.1, 0.15) is 0 Å². The average molecular weight is 269 g/mol. The second-order valence-corrected chi connectivity index (χ2v) is 5.69. The maximum Gasteiger partial charge on any atom is 0.282 e. The van der Waals surface area contributed by atoms with Crippen LogP contribution in [0, 0.1) is 0 Å². The lowest BCUT2D eigenvalue weighted by Gasteiger charge is -2.29. The predicted molar refractivity (Wildman–Crippen MR) is 71.5 cm³/mol. The summed E-state index contributed by atoms with van der Waals surface area (Å²) in [4.78, 5) is 14.2. The van der Waals surface area contributed by atoms with Gasteiger partial charge in [0.05, 0.1) is 0 Å². The van der Waals surface area contributed by atoms with Crippen molar-refractivity contribution in [1.82, 2.24) is 20.4 Å².